The molecule has 0 saturated heterocycles. The van der Waals surface area contributed by atoms with E-state index in [0.717, 1.165) is 17.0 Å². The van der Waals surface area contributed by atoms with Crippen LogP contribution in [0.5, 0.6) is 0 Å². The van der Waals surface area contributed by atoms with Crippen molar-refractivity contribution in [2.24, 2.45) is 0 Å². The van der Waals surface area contributed by atoms with Gasteiger partial charge >= 0.3 is 0 Å². The Kier molecular flexibility index (Phi) is 4.49. The van der Waals surface area contributed by atoms with Gasteiger partial charge in [-0.3, -0.25) is 0 Å². The van der Waals surface area contributed by atoms with Gasteiger partial charge in [0.1, 0.15) is 4.11 Å². The third kappa shape index (κ3) is 3.11. The molecule has 0 amide bonds. The maximum atomic E-state index is 9.49. The summed E-state index contributed by atoms with van der Waals surface area (Å²) in [6.45, 7) is 2.07. The average Bonchev–Trinajstić information content (AvgIpc) is 2.09. The highest BCUT2D eigenvalue weighted by atomic mass is 127. The Hall–Kier alpha value is 0.200. The van der Waals surface area contributed by atoms with Gasteiger partial charge in [0, 0.05) is 10.9 Å². The van der Waals surface area contributed by atoms with Crippen LogP contribution in [0.3, 0.4) is 0 Å². The molecule has 2 atom stereocenters. The molecule has 1 N–H and O–H groups in total. The first-order valence-corrected chi connectivity index (χ1v) is 5.85. The van der Waals surface area contributed by atoms with Crippen LogP contribution in [-0.4, -0.2) is 9.22 Å². The molecule has 1 aromatic carbocycles. The third-order valence-electron chi connectivity index (χ3n) is 2.07. The number of aliphatic hydroxyl groups is 1. The van der Waals surface area contributed by atoms with Gasteiger partial charge in [-0.2, -0.15) is 0 Å². The first kappa shape index (κ1) is 11.3. The van der Waals surface area contributed by atoms with E-state index >= 15 is 0 Å². The lowest BCUT2D eigenvalue weighted by molar-refractivity contribution is 0.243. The molecule has 0 aliphatic heterocycles. The van der Waals surface area contributed by atoms with Crippen LogP contribution in [0.1, 0.15) is 24.8 Å². The van der Waals surface area contributed by atoms with Crippen molar-refractivity contribution in [2.75, 3.05) is 0 Å². The fourth-order valence-corrected chi connectivity index (χ4v) is 2.35. The van der Waals surface area contributed by atoms with Crippen molar-refractivity contribution < 1.29 is 5.11 Å². The number of rotatable bonds is 3. The van der Waals surface area contributed by atoms with Crippen molar-refractivity contribution in [3.8, 4) is 0 Å². The summed E-state index contributed by atoms with van der Waals surface area (Å²) in [6.07, 6.45) is 0.936. The highest BCUT2D eigenvalue weighted by Gasteiger charge is 2.15. The monoisotopic (exact) mass is 310 g/mol. The van der Waals surface area contributed by atoms with Crippen molar-refractivity contribution in [1.29, 1.82) is 0 Å². The van der Waals surface area contributed by atoms with E-state index in [2.05, 4.69) is 6.92 Å². The van der Waals surface area contributed by atoms with Crippen LogP contribution in [0.2, 0.25) is 5.02 Å². The quantitative estimate of drug-likeness (QED) is 0.668. The van der Waals surface area contributed by atoms with Gasteiger partial charge in [0.05, 0.1) is 0 Å². The van der Waals surface area contributed by atoms with Crippen LogP contribution in [-0.2, 0) is 0 Å². The lowest BCUT2D eigenvalue weighted by Crippen LogP contribution is -2.10. The molecule has 1 rings (SSSR count). The van der Waals surface area contributed by atoms with Gasteiger partial charge < -0.3 is 5.11 Å². The normalized spacial score (nSPS) is 15.4. The molecule has 1 nitrogen and oxygen atoms in total. The van der Waals surface area contributed by atoms with Crippen LogP contribution >= 0.6 is 34.2 Å². The van der Waals surface area contributed by atoms with Crippen LogP contribution < -0.4 is 0 Å². The van der Waals surface area contributed by atoms with Crippen LogP contribution in [0, 0.1) is 0 Å². The van der Waals surface area contributed by atoms with Gasteiger partial charge in [-0.15, -0.1) is 0 Å². The van der Waals surface area contributed by atoms with E-state index in [-0.39, 0.29) is 10.0 Å². The minimum absolute atomic E-state index is 0.206. The fraction of sp³-hybridized carbons (Fsp3) is 0.400. The first-order valence-electron chi connectivity index (χ1n) is 4.22. The van der Waals surface area contributed by atoms with Gasteiger partial charge in [0.2, 0.25) is 0 Å². The zero-order valence-electron chi connectivity index (χ0n) is 7.37. The third-order valence-corrected chi connectivity index (χ3v) is 3.19. The molecule has 0 bridgehead atoms. The molecule has 2 unspecified atom stereocenters. The lowest BCUT2D eigenvalue weighted by atomic mass is 9.98. The second-order valence-electron chi connectivity index (χ2n) is 2.94. The molecule has 1 aromatic rings. The fourth-order valence-electron chi connectivity index (χ4n) is 1.30. The summed E-state index contributed by atoms with van der Waals surface area (Å²) in [7, 11) is 0. The zero-order chi connectivity index (χ0) is 9.84. The van der Waals surface area contributed by atoms with Gasteiger partial charge in [0.25, 0.3) is 0 Å². The predicted molar refractivity (Wildman–Crippen MR) is 64.5 cm³/mol. The Morgan fingerprint density at radius 2 is 1.92 bits per heavy atom. The minimum Gasteiger partial charge on any atom is -0.382 e. The van der Waals surface area contributed by atoms with Crippen LogP contribution in [0.15, 0.2) is 24.3 Å². The number of hydrogen-bond donors (Lipinski definition) is 1. The Bertz CT molecular complexity index is 258. The predicted octanol–water partition coefficient (Wildman–Crippen LogP) is 3.59. The SMILES string of the molecule is CCC(c1ccc(Cl)cc1)C(O)I. The van der Waals surface area contributed by atoms with Crippen LogP contribution in [0.25, 0.3) is 0 Å². The van der Waals surface area contributed by atoms with E-state index in [1.807, 2.05) is 46.9 Å². The number of hydrogen-bond acceptors (Lipinski definition) is 1. The Morgan fingerprint density at radius 1 is 1.38 bits per heavy atom. The first-order chi connectivity index (χ1) is 6.15. The maximum Gasteiger partial charge on any atom is 0.112 e. The molecule has 0 fully saturated rings. The molecule has 0 radical (unpaired) electrons. The molecule has 0 aliphatic rings. The van der Waals surface area contributed by atoms with E-state index < -0.39 is 0 Å². The van der Waals surface area contributed by atoms with E-state index in [1.54, 1.807) is 0 Å². The molecule has 0 aromatic heterocycles. The number of benzene rings is 1. The summed E-state index contributed by atoms with van der Waals surface area (Å²) < 4.78 is -0.330. The van der Waals surface area contributed by atoms with Gasteiger partial charge in [-0.25, -0.2) is 0 Å². The Morgan fingerprint density at radius 3 is 2.31 bits per heavy atom. The van der Waals surface area contributed by atoms with Crippen molar-refractivity contribution in [3.63, 3.8) is 0 Å². The number of aliphatic hydroxyl groups excluding tert-OH is 1. The Labute approximate surface area is 97.3 Å². The summed E-state index contributed by atoms with van der Waals surface area (Å²) in [5.74, 6) is 0.206. The minimum atomic E-state index is -0.330. The standard InChI is InChI=1S/C10H12ClIO/c1-2-9(10(12)13)7-3-5-8(11)6-4-7/h3-6,9-10,13H,2H2,1H3. The second-order valence-corrected chi connectivity index (χ2v) is 4.65. The molecule has 0 spiro atoms. The highest BCUT2D eigenvalue weighted by molar-refractivity contribution is 14.1. The molecular formula is C10H12ClIO. The highest BCUT2D eigenvalue weighted by Crippen LogP contribution is 2.27. The summed E-state index contributed by atoms with van der Waals surface area (Å²) in [6, 6.07) is 7.66. The van der Waals surface area contributed by atoms with Crippen LogP contribution in [0.4, 0.5) is 0 Å². The molecule has 72 valence electrons. The zero-order valence-corrected chi connectivity index (χ0v) is 10.3. The summed E-state index contributed by atoms with van der Waals surface area (Å²) >= 11 is 7.81. The average molecular weight is 311 g/mol. The smallest absolute Gasteiger partial charge is 0.112 e. The van der Waals surface area contributed by atoms with E-state index in [4.69, 9.17) is 11.6 Å². The summed E-state index contributed by atoms with van der Waals surface area (Å²) in [5, 5.41) is 10.2. The van der Waals surface area contributed by atoms with E-state index in [9.17, 15) is 5.11 Å². The van der Waals surface area contributed by atoms with Gasteiger partial charge in [-0.1, -0.05) is 53.2 Å². The number of alkyl halides is 1. The second kappa shape index (κ2) is 5.17. The molecular weight excluding hydrogens is 298 g/mol. The molecule has 0 aliphatic carbocycles. The van der Waals surface area contributed by atoms with E-state index in [0.29, 0.717) is 0 Å². The van der Waals surface area contributed by atoms with E-state index in [1.165, 1.54) is 0 Å². The van der Waals surface area contributed by atoms with Crippen molar-refractivity contribution >= 4 is 34.2 Å². The molecule has 0 heterocycles. The molecule has 3 heteroatoms. The van der Waals surface area contributed by atoms with Crippen molar-refractivity contribution in [1.82, 2.24) is 0 Å². The summed E-state index contributed by atoms with van der Waals surface area (Å²) in [5.41, 5.74) is 1.15. The van der Waals surface area contributed by atoms with Crippen molar-refractivity contribution in [3.05, 3.63) is 34.9 Å². The lowest BCUT2D eigenvalue weighted by Gasteiger charge is -2.16. The molecule has 0 saturated carbocycles. The van der Waals surface area contributed by atoms with Gasteiger partial charge in [0.15, 0.2) is 0 Å². The van der Waals surface area contributed by atoms with Gasteiger partial charge in [-0.05, 0) is 24.1 Å². The topological polar surface area (TPSA) is 20.2 Å². The largest absolute Gasteiger partial charge is 0.382 e. The maximum absolute atomic E-state index is 9.49. The Balaban J connectivity index is 2.86. The molecule has 13 heavy (non-hydrogen) atoms. The summed E-state index contributed by atoms with van der Waals surface area (Å²) in [4.78, 5) is 0. The number of halogens is 2. The van der Waals surface area contributed by atoms with Crippen molar-refractivity contribution in [2.45, 2.75) is 23.4 Å².